The van der Waals surface area contributed by atoms with Gasteiger partial charge in [0.15, 0.2) is 0 Å². The van der Waals surface area contributed by atoms with E-state index in [-0.39, 0.29) is 0 Å². The highest BCUT2D eigenvalue weighted by Crippen LogP contribution is 2.27. The maximum Gasteiger partial charge on any atom is 0.0205 e. The molecule has 21 heavy (non-hydrogen) atoms. The number of nitrogens with one attached hydrogen (secondary N) is 2. The highest BCUT2D eigenvalue weighted by atomic mass is 14.9. The van der Waals surface area contributed by atoms with Crippen LogP contribution in [0.5, 0.6) is 0 Å². The summed E-state index contributed by atoms with van der Waals surface area (Å²) in [5, 5.41) is 7.12. The van der Waals surface area contributed by atoms with Crippen molar-refractivity contribution in [3.8, 4) is 0 Å². The summed E-state index contributed by atoms with van der Waals surface area (Å²) in [5.74, 6) is 1.67. The van der Waals surface area contributed by atoms with Gasteiger partial charge in [0.25, 0.3) is 0 Å². The van der Waals surface area contributed by atoms with Crippen molar-refractivity contribution in [2.75, 3.05) is 26.2 Å². The van der Waals surface area contributed by atoms with Crippen molar-refractivity contribution >= 4 is 0 Å². The van der Waals surface area contributed by atoms with Crippen molar-refractivity contribution in [2.24, 2.45) is 17.6 Å². The molecule has 1 fully saturated rings. The molecule has 3 heteroatoms. The summed E-state index contributed by atoms with van der Waals surface area (Å²) in [5.41, 5.74) is 7.10. The van der Waals surface area contributed by atoms with Gasteiger partial charge >= 0.3 is 0 Å². The fourth-order valence-corrected chi connectivity index (χ4v) is 3.14. The van der Waals surface area contributed by atoms with Gasteiger partial charge in [-0.2, -0.15) is 0 Å². The van der Waals surface area contributed by atoms with Crippen molar-refractivity contribution in [3.63, 3.8) is 0 Å². The van der Waals surface area contributed by atoms with Crippen LogP contribution in [0.15, 0.2) is 30.3 Å². The molecule has 1 saturated carbocycles. The van der Waals surface area contributed by atoms with E-state index >= 15 is 0 Å². The smallest absolute Gasteiger partial charge is 0.0205 e. The molecule has 0 spiro atoms. The zero-order chi connectivity index (χ0) is 14.8. The van der Waals surface area contributed by atoms with Crippen molar-refractivity contribution in [1.82, 2.24) is 10.6 Å². The van der Waals surface area contributed by atoms with Gasteiger partial charge in [-0.1, -0.05) is 30.3 Å². The predicted molar refractivity (Wildman–Crippen MR) is 90.1 cm³/mol. The van der Waals surface area contributed by atoms with Gasteiger partial charge in [0, 0.05) is 6.54 Å². The lowest BCUT2D eigenvalue weighted by atomic mass is 9.82. The third-order valence-corrected chi connectivity index (χ3v) is 4.61. The minimum Gasteiger partial charge on any atom is -0.330 e. The quantitative estimate of drug-likeness (QED) is 0.612. The number of rotatable bonds is 9. The van der Waals surface area contributed by atoms with Crippen LogP contribution in [0.3, 0.4) is 0 Å². The third kappa shape index (κ3) is 6.60. The molecule has 1 aromatic rings. The Hall–Kier alpha value is -0.900. The zero-order valence-corrected chi connectivity index (χ0v) is 13.2. The highest BCUT2D eigenvalue weighted by Gasteiger charge is 2.19. The van der Waals surface area contributed by atoms with E-state index in [0.29, 0.717) is 0 Å². The van der Waals surface area contributed by atoms with E-state index in [4.69, 9.17) is 5.73 Å². The van der Waals surface area contributed by atoms with Crippen LogP contribution in [-0.2, 0) is 6.54 Å². The monoisotopic (exact) mass is 289 g/mol. The molecule has 2 rings (SSSR count). The predicted octanol–water partition coefficient (Wildman–Crippen LogP) is 2.52. The minimum atomic E-state index is 0.795. The van der Waals surface area contributed by atoms with Crippen LogP contribution in [0.25, 0.3) is 0 Å². The molecular formula is C18H31N3. The molecule has 0 atom stereocenters. The molecule has 1 aromatic carbocycles. The maximum atomic E-state index is 5.74. The van der Waals surface area contributed by atoms with Crippen molar-refractivity contribution in [1.29, 1.82) is 0 Å². The van der Waals surface area contributed by atoms with Crippen LogP contribution in [0, 0.1) is 11.8 Å². The lowest BCUT2D eigenvalue weighted by Crippen LogP contribution is -2.30. The van der Waals surface area contributed by atoms with Crippen LogP contribution in [-0.4, -0.2) is 26.2 Å². The van der Waals surface area contributed by atoms with Crippen LogP contribution in [0.2, 0.25) is 0 Å². The summed E-state index contributed by atoms with van der Waals surface area (Å²) in [6.07, 6.45) is 6.59. The fourth-order valence-electron chi connectivity index (χ4n) is 3.14. The molecule has 118 valence electrons. The van der Waals surface area contributed by atoms with Crippen molar-refractivity contribution in [2.45, 2.75) is 38.6 Å². The summed E-state index contributed by atoms with van der Waals surface area (Å²) >= 11 is 0. The van der Waals surface area contributed by atoms with Gasteiger partial charge < -0.3 is 16.4 Å². The first-order valence-electron chi connectivity index (χ1n) is 8.54. The molecule has 0 bridgehead atoms. The molecule has 1 aliphatic rings. The molecule has 1 aliphatic carbocycles. The van der Waals surface area contributed by atoms with E-state index in [1.807, 2.05) is 0 Å². The summed E-state index contributed by atoms with van der Waals surface area (Å²) < 4.78 is 0. The van der Waals surface area contributed by atoms with Crippen LogP contribution >= 0.6 is 0 Å². The fraction of sp³-hybridized carbons (Fsp3) is 0.667. The van der Waals surface area contributed by atoms with E-state index in [2.05, 4.69) is 41.0 Å². The van der Waals surface area contributed by atoms with E-state index in [0.717, 1.165) is 38.0 Å². The summed E-state index contributed by atoms with van der Waals surface area (Å²) in [6, 6.07) is 10.6. The molecule has 0 unspecified atom stereocenters. The van der Waals surface area contributed by atoms with Gasteiger partial charge in [-0.15, -0.1) is 0 Å². The molecule has 4 N–H and O–H groups in total. The standard InChI is InChI=1S/C18H31N3/c19-13-16-7-9-18(10-8-16)15-21-12-4-11-20-14-17-5-2-1-3-6-17/h1-3,5-6,16,18,20-21H,4,7-15,19H2. The van der Waals surface area contributed by atoms with Gasteiger partial charge in [-0.25, -0.2) is 0 Å². The molecule has 0 radical (unpaired) electrons. The average Bonchev–Trinajstić information content (AvgIpc) is 2.55. The Morgan fingerprint density at radius 2 is 1.57 bits per heavy atom. The minimum absolute atomic E-state index is 0.795. The van der Waals surface area contributed by atoms with Crippen molar-refractivity contribution < 1.29 is 0 Å². The summed E-state index contributed by atoms with van der Waals surface area (Å²) in [7, 11) is 0. The first-order valence-corrected chi connectivity index (χ1v) is 8.54. The normalized spacial score (nSPS) is 22.3. The van der Waals surface area contributed by atoms with Crippen LogP contribution < -0.4 is 16.4 Å². The Balaban J connectivity index is 1.42. The Morgan fingerprint density at radius 1 is 0.905 bits per heavy atom. The average molecular weight is 289 g/mol. The Bertz CT molecular complexity index is 358. The Kier molecular flexibility index (Phi) is 7.79. The van der Waals surface area contributed by atoms with Gasteiger partial charge in [-0.3, -0.25) is 0 Å². The van der Waals surface area contributed by atoms with Gasteiger partial charge in [0.05, 0.1) is 0 Å². The number of hydrogen-bond acceptors (Lipinski definition) is 3. The molecule has 0 aromatic heterocycles. The second-order valence-electron chi connectivity index (χ2n) is 6.34. The zero-order valence-electron chi connectivity index (χ0n) is 13.2. The lowest BCUT2D eigenvalue weighted by molar-refractivity contribution is 0.272. The SMILES string of the molecule is NCC1CCC(CNCCCNCc2ccccc2)CC1. The van der Waals surface area contributed by atoms with E-state index in [9.17, 15) is 0 Å². The van der Waals surface area contributed by atoms with Gasteiger partial charge in [0.2, 0.25) is 0 Å². The first kappa shape index (κ1) is 16.5. The Morgan fingerprint density at radius 3 is 2.29 bits per heavy atom. The molecule has 0 aliphatic heterocycles. The van der Waals surface area contributed by atoms with E-state index in [1.165, 1.54) is 44.2 Å². The second-order valence-corrected chi connectivity index (χ2v) is 6.34. The molecular weight excluding hydrogens is 258 g/mol. The Labute approximate surface area is 129 Å². The molecule has 0 saturated heterocycles. The van der Waals surface area contributed by atoms with Crippen molar-refractivity contribution in [3.05, 3.63) is 35.9 Å². The maximum absolute atomic E-state index is 5.74. The molecule has 0 heterocycles. The number of hydrogen-bond donors (Lipinski definition) is 3. The van der Waals surface area contributed by atoms with E-state index < -0.39 is 0 Å². The third-order valence-electron chi connectivity index (χ3n) is 4.61. The van der Waals surface area contributed by atoms with Gasteiger partial charge in [-0.05, 0) is 75.7 Å². The highest BCUT2D eigenvalue weighted by molar-refractivity contribution is 5.14. The van der Waals surface area contributed by atoms with Crippen LogP contribution in [0.1, 0.15) is 37.7 Å². The largest absolute Gasteiger partial charge is 0.330 e. The second kappa shape index (κ2) is 9.93. The summed E-state index contributed by atoms with van der Waals surface area (Å²) in [4.78, 5) is 0. The summed E-state index contributed by atoms with van der Waals surface area (Å²) in [6.45, 7) is 5.26. The van der Waals surface area contributed by atoms with E-state index in [1.54, 1.807) is 0 Å². The lowest BCUT2D eigenvalue weighted by Gasteiger charge is -2.27. The molecule has 0 amide bonds. The number of nitrogens with two attached hydrogens (primary N) is 1. The molecule has 3 nitrogen and oxygen atoms in total. The van der Waals surface area contributed by atoms with Gasteiger partial charge in [0.1, 0.15) is 0 Å². The first-order chi connectivity index (χ1) is 10.4. The topological polar surface area (TPSA) is 50.1 Å². The van der Waals surface area contributed by atoms with Crippen LogP contribution in [0.4, 0.5) is 0 Å². The number of benzene rings is 1.